The highest BCUT2D eigenvalue weighted by Crippen LogP contribution is 2.32. The maximum absolute atomic E-state index is 8.98. The van der Waals surface area contributed by atoms with Crippen molar-refractivity contribution >= 4 is 43.2 Å². The number of benzene rings is 2. The number of nitrogens with zero attached hydrogens (tertiary/aromatic N) is 4. The Morgan fingerprint density at radius 1 is 1.04 bits per heavy atom. The lowest BCUT2D eigenvalue weighted by Gasteiger charge is -1.99. The number of nitriles is 1. The van der Waals surface area contributed by atoms with E-state index in [4.69, 9.17) is 10.00 Å². The van der Waals surface area contributed by atoms with Gasteiger partial charge in [0.15, 0.2) is 5.13 Å². The van der Waals surface area contributed by atoms with Gasteiger partial charge < -0.3 is 10.1 Å². The van der Waals surface area contributed by atoms with Gasteiger partial charge >= 0.3 is 0 Å². The summed E-state index contributed by atoms with van der Waals surface area (Å²) < 4.78 is 6.12. The van der Waals surface area contributed by atoms with E-state index in [1.165, 1.54) is 22.7 Å². The van der Waals surface area contributed by atoms with Gasteiger partial charge in [-0.3, -0.25) is 0 Å². The number of hydrogen-bond acceptors (Lipinski definition) is 8. The quantitative estimate of drug-likeness (QED) is 0.576. The zero-order valence-electron chi connectivity index (χ0n) is 13.1. The van der Waals surface area contributed by atoms with Crippen LogP contribution >= 0.6 is 22.7 Å². The minimum Gasteiger partial charge on any atom is -0.497 e. The lowest BCUT2D eigenvalue weighted by molar-refractivity contribution is 0.415. The standard InChI is InChI=1S/C17H11N5OS2/c1-23-12-5-3-11(4-6-12)15-21-22-17(25-15)20-16-19-13-7-2-10(9-18)8-14(13)24-16/h2-8H,1H3,(H,19,20,22). The van der Waals surface area contributed by atoms with Crippen LogP contribution in [0.2, 0.25) is 0 Å². The van der Waals surface area contributed by atoms with Crippen molar-refractivity contribution in [2.45, 2.75) is 0 Å². The number of thiazole rings is 1. The van der Waals surface area contributed by atoms with Gasteiger partial charge in [-0.05, 0) is 42.5 Å². The van der Waals surface area contributed by atoms with Crippen LogP contribution in [0.5, 0.6) is 5.75 Å². The zero-order chi connectivity index (χ0) is 17.2. The normalized spacial score (nSPS) is 10.6. The Balaban J connectivity index is 1.57. The van der Waals surface area contributed by atoms with Crippen LogP contribution in [-0.4, -0.2) is 22.3 Å². The molecule has 1 N–H and O–H groups in total. The third-order valence-corrected chi connectivity index (χ3v) is 5.31. The number of methoxy groups -OCH3 is 1. The van der Waals surface area contributed by atoms with Crippen LogP contribution < -0.4 is 10.1 Å². The molecule has 0 atom stereocenters. The number of fused-ring (bicyclic) bond motifs is 1. The first-order chi connectivity index (χ1) is 12.2. The maximum Gasteiger partial charge on any atom is 0.212 e. The van der Waals surface area contributed by atoms with Crippen molar-refractivity contribution in [1.82, 2.24) is 15.2 Å². The molecule has 0 bridgehead atoms. The minimum absolute atomic E-state index is 0.625. The minimum atomic E-state index is 0.625. The average molecular weight is 365 g/mol. The molecule has 0 amide bonds. The summed E-state index contributed by atoms with van der Waals surface area (Å²) >= 11 is 2.93. The summed E-state index contributed by atoms with van der Waals surface area (Å²) in [7, 11) is 1.64. The Kier molecular flexibility index (Phi) is 4.01. The number of rotatable bonds is 4. The Bertz CT molecular complexity index is 1080. The summed E-state index contributed by atoms with van der Waals surface area (Å²) in [5.41, 5.74) is 2.46. The summed E-state index contributed by atoms with van der Waals surface area (Å²) in [6, 6.07) is 15.3. The van der Waals surface area contributed by atoms with Crippen molar-refractivity contribution in [2.75, 3.05) is 12.4 Å². The molecule has 0 aliphatic carbocycles. The Morgan fingerprint density at radius 2 is 1.88 bits per heavy atom. The lowest BCUT2D eigenvalue weighted by atomic mass is 10.2. The van der Waals surface area contributed by atoms with Crippen LogP contribution in [0.25, 0.3) is 20.8 Å². The van der Waals surface area contributed by atoms with Crippen LogP contribution in [-0.2, 0) is 0 Å². The molecule has 0 spiro atoms. The molecule has 0 radical (unpaired) electrons. The fourth-order valence-electron chi connectivity index (χ4n) is 2.26. The van der Waals surface area contributed by atoms with Crippen LogP contribution in [0, 0.1) is 11.3 Å². The third-order valence-electron chi connectivity index (χ3n) is 3.49. The van der Waals surface area contributed by atoms with E-state index in [0.29, 0.717) is 10.7 Å². The average Bonchev–Trinajstić information content (AvgIpc) is 3.27. The fourth-order valence-corrected chi connectivity index (χ4v) is 3.98. The van der Waals surface area contributed by atoms with E-state index >= 15 is 0 Å². The summed E-state index contributed by atoms with van der Waals surface area (Å²) in [5.74, 6) is 0.804. The first kappa shape index (κ1) is 15.5. The van der Waals surface area contributed by atoms with Gasteiger partial charge in [0.1, 0.15) is 10.8 Å². The van der Waals surface area contributed by atoms with Gasteiger partial charge in [-0.1, -0.05) is 22.7 Å². The van der Waals surface area contributed by atoms with E-state index < -0.39 is 0 Å². The highest BCUT2D eigenvalue weighted by atomic mass is 32.1. The number of nitrogens with one attached hydrogen (secondary N) is 1. The molecule has 6 nitrogen and oxygen atoms in total. The Hall–Kier alpha value is -3.02. The summed E-state index contributed by atoms with van der Waals surface area (Å²) in [6.45, 7) is 0. The Labute approximate surface area is 151 Å². The second-order valence-electron chi connectivity index (χ2n) is 5.08. The Morgan fingerprint density at radius 3 is 2.64 bits per heavy atom. The van der Waals surface area contributed by atoms with Gasteiger partial charge in [0.05, 0.1) is 29.0 Å². The molecular weight excluding hydrogens is 354 g/mol. The molecular formula is C17H11N5OS2. The van der Waals surface area contributed by atoms with Crippen LogP contribution in [0.1, 0.15) is 5.56 Å². The van der Waals surface area contributed by atoms with Crippen molar-refractivity contribution in [3.8, 4) is 22.4 Å². The smallest absolute Gasteiger partial charge is 0.212 e. The van der Waals surface area contributed by atoms with Crippen LogP contribution in [0.3, 0.4) is 0 Å². The predicted octanol–water partition coefficient (Wildman–Crippen LogP) is 4.44. The third kappa shape index (κ3) is 3.15. The van der Waals surface area contributed by atoms with Crippen molar-refractivity contribution in [2.24, 2.45) is 0 Å². The molecule has 2 heterocycles. The van der Waals surface area contributed by atoms with E-state index in [1.54, 1.807) is 13.2 Å². The van der Waals surface area contributed by atoms with Gasteiger partial charge in [0.25, 0.3) is 0 Å². The van der Waals surface area contributed by atoms with Gasteiger partial charge in [0, 0.05) is 5.56 Å². The van der Waals surface area contributed by atoms with Crippen molar-refractivity contribution in [3.63, 3.8) is 0 Å². The van der Waals surface area contributed by atoms with Crippen LogP contribution in [0.15, 0.2) is 42.5 Å². The van der Waals surface area contributed by atoms with E-state index in [2.05, 4.69) is 26.6 Å². The van der Waals surface area contributed by atoms with Gasteiger partial charge in [0.2, 0.25) is 5.13 Å². The molecule has 4 aromatic rings. The van der Waals surface area contributed by atoms with Gasteiger partial charge in [-0.25, -0.2) is 4.98 Å². The highest BCUT2D eigenvalue weighted by molar-refractivity contribution is 7.23. The van der Waals surface area contributed by atoms with Crippen molar-refractivity contribution in [3.05, 3.63) is 48.0 Å². The lowest BCUT2D eigenvalue weighted by Crippen LogP contribution is -1.87. The number of anilines is 2. The largest absolute Gasteiger partial charge is 0.497 e. The number of ether oxygens (including phenoxy) is 1. The summed E-state index contributed by atoms with van der Waals surface area (Å²) in [6.07, 6.45) is 0. The van der Waals surface area contributed by atoms with Gasteiger partial charge in [-0.15, -0.1) is 10.2 Å². The molecule has 0 fully saturated rings. The zero-order valence-corrected chi connectivity index (χ0v) is 14.7. The maximum atomic E-state index is 8.98. The number of hydrogen-bond donors (Lipinski definition) is 1. The molecule has 0 saturated heterocycles. The highest BCUT2D eigenvalue weighted by Gasteiger charge is 2.10. The predicted molar refractivity (Wildman–Crippen MR) is 99.5 cm³/mol. The first-order valence-electron chi connectivity index (χ1n) is 7.31. The second kappa shape index (κ2) is 6.47. The topological polar surface area (TPSA) is 83.7 Å². The summed E-state index contributed by atoms with van der Waals surface area (Å²) in [5, 5.41) is 22.8. The molecule has 2 aromatic heterocycles. The second-order valence-corrected chi connectivity index (χ2v) is 7.09. The van der Waals surface area contributed by atoms with Crippen molar-refractivity contribution < 1.29 is 4.74 Å². The monoisotopic (exact) mass is 365 g/mol. The van der Waals surface area contributed by atoms with Crippen LogP contribution in [0.4, 0.5) is 10.3 Å². The molecule has 0 saturated carbocycles. The molecule has 25 heavy (non-hydrogen) atoms. The molecule has 2 aromatic carbocycles. The molecule has 0 aliphatic rings. The molecule has 4 rings (SSSR count). The van der Waals surface area contributed by atoms with E-state index in [0.717, 1.165) is 31.7 Å². The van der Waals surface area contributed by atoms with E-state index in [9.17, 15) is 0 Å². The summed E-state index contributed by atoms with van der Waals surface area (Å²) in [4.78, 5) is 4.51. The molecule has 0 aliphatic heterocycles. The molecule has 8 heteroatoms. The molecule has 0 unspecified atom stereocenters. The van der Waals surface area contributed by atoms with E-state index in [1.807, 2.05) is 36.4 Å². The van der Waals surface area contributed by atoms with Gasteiger partial charge in [-0.2, -0.15) is 5.26 Å². The fraction of sp³-hybridized carbons (Fsp3) is 0.0588. The first-order valence-corrected chi connectivity index (χ1v) is 8.94. The SMILES string of the molecule is COc1ccc(-c2nnc(Nc3nc4ccc(C#N)cc4s3)s2)cc1. The van der Waals surface area contributed by atoms with E-state index in [-0.39, 0.29) is 0 Å². The molecule has 122 valence electrons. The van der Waals surface area contributed by atoms with Crippen molar-refractivity contribution in [1.29, 1.82) is 5.26 Å². The number of aromatic nitrogens is 3.